The molecular formula is C19H19F3N2O3. The molecule has 2 rings (SSSR count). The number of carbonyl (C=O) groups is 1. The molecule has 0 spiro atoms. The summed E-state index contributed by atoms with van der Waals surface area (Å²) in [5.41, 5.74) is 2.09. The number of hydrogen-bond acceptors (Lipinski definition) is 5. The van der Waals surface area contributed by atoms with E-state index in [0.29, 0.717) is 34.0 Å². The van der Waals surface area contributed by atoms with Crippen LogP contribution in [0.1, 0.15) is 41.9 Å². The van der Waals surface area contributed by atoms with Crippen molar-refractivity contribution in [2.45, 2.75) is 40.8 Å². The van der Waals surface area contributed by atoms with E-state index in [0.717, 1.165) is 12.1 Å². The smallest absolute Gasteiger partial charge is 0.416 e. The summed E-state index contributed by atoms with van der Waals surface area (Å²) >= 11 is 0. The van der Waals surface area contributed by atoms with Gasteiger partial charge in [-0.1, -0.05) is 5.16 Å². The van der Waals surface area contributed by atoms with Crippen molar-refractivity contribution in [3.05, 3.63) is 52.3 Å². The lowest BCUT2D eigenvalue weighted by Gasteiger charge is -2.15. The van der Waals surface area contributed by atoms with Gasteiger partial charge in [0.25, 0.3) is 0 Å². The van der Waals surface area contributed by atoms with E-state index >= 15 is 0 Å². The van der Waals surface area contributed by atoms with Gasteiger partial charge in [-0.3, -0.25) is 9.78 Å². The average Bonchev–Trinajstić information content (AvgIpc) is 2.56. The number of aromatic nitrogens is 1. The van der Waals surface area contributed by atoms with Crippen LogP contribution in [0.2, 0.25) is 0 Å². The molecule has 0 aliphatic rings. The first-order valence-corrected chi connectivity index (χ1v) is 8.06. The summed E-state index contributed by atoms with van der Waals surface area (Å²) in [7, 11) is 0. The molecule has 0 unspecified atom stereocenters. The molecule has 0 atom stereocenters. The van der Waals surface area contributed by atoms with Crippen LogP contribution in [0, 0.1) is 20.8 Å². The van der Waals surface area contributed by atoms with E-state index in [1.807, 2.05) is 0 Å². The monoisotopic (exact) mass is 380 g/mol. The zero-order chi connectivity index (χ0) is 20.4. The average molecular weight is 380 g/mol. The van der Waals surface area contributed by atoms with Crippen molar-refractivity contribution in [1.82, 2.24) is 4.98 Å². The Morgan fingerprint density at radius 3 is 2.15 bits per heavy atom. The van der Waals surface area contributed by atoms with Crippen LogP contribution in [0.3, 0.4) is 0 Å². The Balaban J connectivity index is 2.35. The molecule has 8 heteroatoms. The number of esters is 1. The standard InChI is InChI=1S/C19H19F3N2O3/c1-10-11(2)23-12(3)17(18(10)26-14(5)25)13(4)24-27-16-8-6-15(7-9-16)19(20,21)22/h6-9H,1-5H3. The first kappa shape index (κ1) is 20.4. The van der Waals surface area contributed by atoms with E-state index in [-0.39, 0.29) is 5.75 Å². The summed E-state index contributed by atoms with van der Waals surface area (Å²) in [6, 6.07) is 4.18. The predicted octanol–water partition coefficient (Wildman–Crippen LogP) is 4.75. The highest BCUT2D eigenvalue weighted by atomic mass is 19.4. The molecule has 0 fully saturated rings. The van der Waals surface area contributed by atoms with Gasteiger partial charge in [-0.15, -0.1) is 0 Å². The summed E-state index contributed by atoms with van der Waals surface area (Å²) in [6.07, 6.45) is -4.42. The zero-order valence-electron chi connectivity index (χ0n) is 15.6. The van der Waals surface area contributed by atoms with E-state index in [9.17, 15) is 18.0 Å². The highest BCUT2D eigenvalue weighted by molar-refractivity contribution is 6.02. The van der Waals surface area contributed by atoms with Crippen molar-refractivity contribution in [3.63, 3.8) is 0 Å². The van der Waals surface area contributed by atoms with Crippen LogP contribution in [0.15, 0.2) is 29.4 Å². The highest BCUT2D eigenvalue weighted by Crippen LogP contribution is 2.31. The minimum atomic E-state index is -4.42. The third-order valence-corrected chi connectivity index (χ3v) is 3.88. The van der Waals surface area contributed by atoms with Crippen LogP contribution >= 0.6 is 0 Å². The number of nitrogens with zero attached hydrogens (tertiary/aromatic N) is 2. The van der Waals surface area contributed by atoms with Crippen LogP contribution in [-0.2, 0) is 11.0 Å². The Labute approximate surface area is 154 Å². The maximum atomic E-state index is 12.6. The fourth-order valence-electron chi connectivity index (χ4n) is 2.48. The minimum Gasteiger partial charge on any atom is -0.426 e. The lowest BCUT2D eigenvalue weighted by molar-refractivity contribution is -0.137. The summed E-state index contributed by atoms with van der Waals surface area (Å²) in [6.45, 7) is 8.24. The van der Waals surface area contributed by atoms with E-state index in [4.69, 9.17) is 9.57 Å². The molecule has 5 nitrogen and oxygen atoms in total. The predicted molar refractivity (Wildman–Crippen MR) is 94.0 cm³/mol. The number of oxime groups is 1. The van der Waals surface area contributed by atoms with Crippen LogP contribution in [0.5, 0.6) is 11.5 Å². The van der Waals surface area contributed by atoms with Gasteiger partial charge in [0.05, 0.1) is 22.5 Å². The van der Waals surface area contributed by atoms with Crippen LogP contribution in [0.25, 0.3) is 0 Å². The molecule has 1 aromatic carbocycles. The van der Waals surface area contributed by atoms with Gasteiger partial charge in [0, 0.05) is 18.2 Å². The fraction of sp³-hybridized carbons (Fsp3) is 0.316. The van der Waals surface area contributed by atoms with Gasteiger partial charge in [0.1, 0.15) is 5.75 Å². The molecule has 0 amide bonds. The van der Waals surface area contributed by atoms with E-state index in [1.165, 1.54) is 19.1 Å². The maximum Gasteiger partial charge on any atom is 0.416 e. The van der Waals surface area contributed by atoms with Gasteiger partial charge in [-0.05, 0) is 52.0 Å². The minimum absolute atomic E-state index is 0.144. The van der Waals surface area contributed by atoms with Gasteiger partial charge in [-0.2, -0.15) is 13.2 Å². The van der Waals surface area contributed by atoms with Gasteiger partial charge < -0.3 is 9.57 Å². The summed E-state index contributed by atoms with van der Waals surface area (Å²) in [5.74, 6) is -0.00332. The van der Waals surface area contributed by atoms with Crippen molar-refractivity contribution in [3.8, 4) is 11.5 Å². The number of hydrogen-bond donors (Lipinski definition) is 0. The second kappa shape index (κ2) is 7.77. The summed E-state index contributed by atoms with van der Waals surface area (Å²) in [4.78, 5) is 21.1. The number of carbonyl (C=O) groups excluding carboxylic acids is 1. The molecule has 144 valence electrons. The molecule has 2 aromatic rings. The second-order valence-electron chi connectivity index (χ2n) is 6.00. The number of pyridine rings is 1. The number of aryl methyl sites for hydroxylation is 2. The molecule has 0 radical (unpaired) electrons. The quantitative estimate of drug-likeness (QED) is 0.436. The second-order valence-corrected chi connectivity index (χ2v) is 6.00. The molecule has 27 heavy (non-hydrogen) atoms. The first-order chi connectivity index (χ1) is 12.5. The molecule has 0 saturated carbocycles. The van der Waals surface area contributed by atoms with E-state index in [1.54, 1.807) is 27.7 Å². The van der Waals surface area contributed by atoms with Gasteiger partial charge in [0.15, 0.2) is 5.75 Å². The van der Waals surface area contributed by atoms with Gasteiger partial charge in [0.2, 0.25) is 0 Å². The van der Waals surface area contributed by atoms with Crippen molar-refractivity contribution < 1.29 is 27.5 Å². The molecule has 0 aliphatic carbocycles. The topological polar surface area (TPSA) is 60.8 Å². The normalized spacial score (nSPS) is 12.1. The fourth-order valence-corrected chi connectivity index (χ4v) is 2.48. The Morgan fingerprint density at radius 1 is 1.04 bits per heavy atom. The Hall–Kier alpha value is -2.90. The van der Waals surface area contributed by atoms with E-state index < -0.39 is 17.7 Å². The highest BCUT2D eigenvalue weighted by Gasteiger charge is 2.30. The first-order valence-electron chi connectivity index (χ1n) is 8.06. The number of halogens is 3. The molecule has 1 heterocycles. The third kappa shape index (κ3) is 4.84. The number of rotatable bonds is 4. The largest absolute Gasteiger partial charge is 0.426 e. The van der Waals surface area contributed by atoms with E-state index in [2.05, 4.69) is 10.1 Å². The van der Waals surface area contributed by atoms with Crippen LogP contribution in [-0.4, -0.2) is 16.7 Å². The van der Waals surface area contributed by atoms with Crippen LogP contribution in [0.4, 0.5) is 13.2 Å². The van der Waals surface area contributed by atoms with Gasteiger partial charge in [-0.25, -0.2) is 0 Å². The van der Waals surface area contributed by atoms with Gasteiger partial charge >= 0.3 is 12.1 Å². The molecule has 0 saturated heterocycles. The lowest BCUT2D eigenvalue weighted by atomic mass is 10.0. The number of ether oxygens (including phenoxy) is 1. The van der Waals surface area contributed by atoms with Crippen LogP contribution < -0.4 is 9.57 Å². The van der Waals surface area contributed by atoms with Crippen molar-refractivity contribution >= 4 is 11.7 Å². The summed E-state index contributed by atoms with van der Waals surface area (Å²) < 4.78 is 43.1. The SMILES string of the molecule is CC(=O)Oc1c(C)c(C)nc(C)c1C(C)=NOc1ccc(C(F)(F)F)cc1. The number of benzene rings is 1. The van der Waals surface area contributed by atoms with Crippen molar-refractivity contribution in [2.75, 3.05) is 0 Å². The van der Waals surface area contributed by atoms with Crippen molar-refractivity contribution in [1.29, 1.82) is 0 Å². The maximum absolute atomic E-state index is 12.6. The van der Waals surface area contributed by atoms with Crippen molar-refractivity contribution in [2.24, 2.45) is 5.16 Å². The molecule has 0 aliphatic heterocycles. The summed E-state index contributed by atoms with van der Waals surface area (Å²) in [5, 5.41) is 3.96. The zero-order valence-corrected chi connectivity index (χ0v) is 15.6. The Morgan fingerprint density at radius 2 is 1.63 bits per heavy atom. The molecule has 0 bridgehead atoms. The molecular weight excluding hydrogens is 361 g/mol. The molecule has 1 aromatic heterocycles. The molecule has 0 N–H and O–H groups in total. The Bertz CT molecular complexity index is 889. The third-order valence-electron chi connectivity index (χ3n) is 3.88. The Kier molecular flexibility index (Phi) is 5.88. The lowest BCUT2D eigenvalue weighted by Crippen LogP contribution is -2.13. The number of alkyl halides is 3.